The van der Waals surface area contributed by atoms with Crippen LogP contribution in [0.25, 0.3) is 0 Å². The molecule has 0 aliphatic heterocycles. The van der Waals surface area contributed by atoms with Crippen molar-refractivity contribution in [3.63, 3.8) is 0 Å². The zero-order valence-electron chi connectivity index (χ0n) is 18.0. The summed E-state index contributed by atoms with van der Waals surface area (Å²) in [5.74, 6) is 1.67. The van der Waals surface area contributed by atoms with E-state index in [0.717, 1.165) is 18.4 Å². The molecule has 0 radical (unpaired) electrons. The van der Waals surface area contributed by atoms with E-state index >= 15 is 0 Å². The third-order valence-electron chi connectivity index (χ3n) is 4.35. The Morgan fingerprint density at radius 2 is 1.71 bits per heavy atom. The smallest absolute Gasteiger partial charge is 0.255 e. The minimum Gasteiger partial charge on any atom is -0.490 e. The second-order valence-corrected chi connectivity index (χ2v) is 6.99. The lowest BCUT2D eigenvalue weighted by Gasteiger charge is -2.14. The van der Waals surface area contributed by atoms with E-state index in [1.54, 1.807) is 36.7 Å². The molecule has 1 heterocycles. The Morgan fingerprint density at radius 3 is 2.45 bits per heavy atom. The van der Waals surface area contributed by atoms with E-state index < -0.39 is 0 Å². The van der Waals surface area contributed by atoms with E-state index in [0.29, 0.717) is 48.3 Å². The highest BCUT2D eigenvalue weighted by Crippen LogP contribution is 2.29. The molecular weight excluding hydrogens is 392 g/mol. The van der Waals surface area contributed by atoms with Gasteiger partial charge in [-0.05, 0) is 49.2 Å². The van der Waals surface area contributed by atoms with Crippen molar-refractivity contribution in [3.8, 4) is 17.2 Å². The summed E-state index contributed by atoms with van der Waals surface area (Å²) in [7, 11) is 0. The van der Waals surface area contributed by atoms with Crippen molar-refractivity contribution in [2.45, 2.75) is 33.3 Å². The normalized spacial score (nSPS) is 10.4. The summed E-state index contributed by atoms with van der Waals surface area (Å²) >= 11 is 0. The zero-order chi connectivity index (χ0) is 21.9. The molecule has 1 N–H and O–H groups in total. The Morgan fingerprint density at radius 1 is 0.903 bits per heavy atom. The average molecular weight is 421 g/mol. The lowest BCUT2D eigenvalue weighted by atomic mass is 10.1. The number of aromatic nitrogens is 1. The van der Waals surface area contributed by atoms with Gasteiger partial charge in [-0.1, -0.05) is 26.0 Å². The number of carbonyl (C=O) groups is 1. The number of nitrogens with one attached hydrogen (secondary N) is 1. The third kappa shape index (κ3) is 6.74. The van der Waals surface area contributed by atoms with E-state index in [-0.39, 0.29) is 5.91 Å². The van der Waals surface area contributed by atoms with Crippen LogP contribution in [0, 0.1) is 0 Å². The Bertz CT molecular complexity index is 976. The number of amides is 1. The van der Waals surface area contributed by atoms with Gasteiger partial charge in [0.05, 0.1) is 13.2 Å². The number of ether oxygens (including phenoxy) is 3. The zero-order valence-corrected chi connectivity index (χ0v) is 18.0. The predicted molar refractivity (Wildman–Crippen MR) is 121 cm³/mol. The predicted octanol–water partition coefficient (Wildman–Crippen LogP) is 5.49. The molecule has 0 fully saturated rings. The fourth-order valence-electron chi connectivity index (χ4n) is 2.82. The van der Waals surface area contributed by atoms with Crippen LogP contribution < -0.4 is 19.5 Å². The average Bonchev–Trinajstić information content (AvgIpc) is 2.81. The minimum absolute atomic E-state index is 0.229. The topological polar surface area (TPSA) is 69.7 Å². The van der Waals surface area contributed by atoms with Crippen LogP contribution >= 0.6 is 0 Å². The van der Waals surface area contributed by atoms with E-state index in [9.17, 15) is 4.79 Å². The van der Waals surface area contributed by atoms with Gasteiger partial charge in [-0.25, -0.2) is 0 Å². The fourth-order valence-corrected chi connectivity index (χ4v) is 2.82. The van der Waals surface area contributed by atoms with Gasteiger partial charge >= 0.3 is 0 Å². The molecule has 1 amide bonds. The van der Waals surface area contributed by atoms with Crippen LogP contribution in [0.1, 0.15) is 42.6 Å². The largest absolute Gasteiger partial charge is 0.490 e. The first kappa shape index (κ1) is 22.2. The molecule has 0 saturated carbocycles. The van der Waals surface area contributed by atoms with Gasteiger partial charge in [-0.15, -0.1) is 0 Å². The van der Waals surface area contributed by atoms with Crippen LogP contribution in [0.4, 0.5) is 5.69 Å². The van der Waals surface area contributed by atoms with Crippen molar-refractivity contribution in [2.75, 3.05) is 18.5 Å². The van der Waals surface area contributed by atoms with Crippen LogP contribution in [-0.4, -0.2) is 24.1 Å². The number of nitrogens with zero attached hydrogens (tertiary/aromatic N) is 1. The summed E-state index contributed by atoms with van der Waals surface area (Å²) in [5.41, 5.74) is 2.12. The van der Waals surface area contributed by atoms with Crippen LogP contribution in [0.3, 0.4) is 0 Å². The maximum atomic E-state index is 12.8. The molecular formula is C25H28N2O4. The van der Waals surface area contributed by atoms with E-state index in [2.05, 4.69) is 10.3 Å². The van der Waals surface area contributed by atoms with Crippen molar-refractivity contribution >= 4 is 11.6 Å². The van der Waals surface area contributed by atoms with Crippen LogP contribution in [0.5, 0.6) is 17.2 Å². The SMILES string of the molecule is CCCOc1ccc(C(=O)Nc2cccc(OCc3cccnc3)c2)cc1OCCC. The quantitative estimate of drug-likeness (QED) is 0.444. The van der Waals surface area contributed by atoms with Crippen LogP contribution in [0.2, 0.25) is 0 Å². The van der Waals surface area contributed by atoms with Gasteiger partial charge < -0.3 is 19.5 Å². The summed E-state index contributed by atoms with van der Waals surface area (Å²) in [4.78, 5) is 16.9. The van der Waals surface area contributed by atoms with Crippen molar-refractivity contribution in [3.05, 3.63) is 78.1 Å². The number of pyridine rings is 1. The van der Waals surface area contributed by atoms with Crippen molar-refractivity contribution in [1.29, 1.82) is 0 Å². The van der Waals surface area contributed by atoms with Gasteiger partial charge in [0.2, 0.25) is 0 Å². The molecule has 0 aliphatic carbocycles. The number of rotatable bonds is 11. The lowest BCUT2D eigenvalue weighted by molar-refractivity contribution is 0.102. The lowest BCUT2D eigenvalue weighted by Crippen LogP contribution is -2.12. The molecule has 162 valence electrons. The first-order valence-corrected chi connectivity index (χ1v) is 10.5. The fraction of sp³-hybridized carbons (Fsp3) is 0.280. The molecule has 0 atom stereocenters. The first-order valence-electron chi connectivity index (χ1n) is 10.5. The first-order chi connectivity index (χ1) is 15.2. The van der Waals surface area contributed by atoms with Crippen LogP contribution in [0.15, 0.2) is 67.0 Å². The molecule has 6 nitrogen and oxygen atoms in total. The van der Waals surface area contributed by atoms with Crippen molar-refractivity contribution < 1.29 is 19.0 Å². The second kappa shape index (κ2) is 11.6. The molecule has 0 bridgehead atoms. The molecule has 31 heavy (non-hydrogen) atoms. The number of hydrogen-bond donors (Lipinski definition) is 1. The summed E-state index contributed by atoms with van der Waals surface area (Å²) < 4.78 is 17.3. The highest BCUT2D eigenvalue weighted by Gasteiger charge is 2.12. The molecule has 2 aromatic carbocycles. The second-order valence-electron chi connectivity index (χ2n) is 6.99. The van der Waals surface area contributed by atoms with E-state index in [4.69, 9.17) is 14.2 Å². The summed E-state index contributed by atoms with van der Waals surface area (Å²) in [6.07, 6.45) is 5.25. The summed E-state index contributed by atoms with van der Waals surface area (Å²) in [6.45, 7) is 5.64. The van der Waals surface area contributed by atoms with Crippen molar-refractivity contribution in [1.82, 2.24) is 4.98 Å². The Balaban J connectivity index is 1.67. The number of benzene rings is 2. The standard InChI is InChI=1S/C25H28N2O4/c1-3-13-29-23-11-10-20(15-24(23)30-14-4-2)25(28)27-21-8-5-9-22(16-21)31-18-19-7-6-12-26-17-19/h5-12,15-17H,3-4,13-14,18H2,1-2H3,(H,27,28). The van der Waals surface area contributed by atoms with Gasteiger partial charge in [0, 0.05) is 35.3 Å². The van der Waals surface area contributed by atoms with Crippen molar-refractivity contribution in [2.24, 2.45) is 0 Å². The molecule has 6 heteroatoms. The summed E-state index contributed by atoms with van der Waals surface area (Å²) in [5, 5.41) is 2.92. The Kier molecular flexibility index (Phi) is 8.29. The number of hydrogen-bond acceptors (Lipinski definition) is 5. The van der Waals surface area contributed by atoms with E-state index in [1.165, 1.54) is 0 Å². The third-order valence-corrected chi connectivity index (χ3v) is 4.35. The Labute approximate surface area is 183 Å². The van der Waals surface area contributed by atoms with Gasteiger partial charge in [0.25, 0.3) is 5.91 Å². The van der Waals surface area contributed by atoms with Gasteiger partial charge in [-0.2, -0.15) is 0 Å². The van der Waals surface area contributed by atoms with E-state index in [1.807, 2.05) is 44.2 Å². The molecule has 0 aliphatic rings. The van der Waals surface area contributed by atoms with Gasteiger partial charge in [-0.3, -0.25) is 9.78 Å². The summed E-state index contributed by atoms with van der Waals surface area (Å²) in [6, 6.07) is 16.4. The highest BCUT2D eigenvalue weighted by molar-refractivity contribution is 6.04. The maximum Gasteiger partial charge on any atom is 0.255 e. The Hall–Kier alpha value is -3.54. The monoisotopic (exact) mass is 420 g/mol. The number of anilines is 1. The molecule has 3 rings (SSSR count). The molecule has 3 aromatic rings. The molecule has 0 saturated heterocycles. The molecule has 1 aromatic heterocycles. The minimum atomic E-state index is -0.229. The van der Waals surface area contributed by atoms with Gasteiger partial charge in [0.1, 0.15) is 12.4 Å². The maximum absolute atomic E-state index is 12.8. The number of carbonyl (C=O) groups excluding carboxylic acids is 1. The highest BCUT2D eigenvalue weighted by atomic mass is 16.5. The molecule has 0 spiro atoms. The van der Waals surface area contributed by atoms with Gasteiger partial charge in [0.15, 0.2) is 11.5 Å². The molecule has 0 unspecified atom stereocenters. The van der Waals surface area contributed by atoms with Crippen LogP contribution in [-0.2, 0) is 6.61 Å².